The summed E-state index contributed by atoms with van der Waals surface area (Å²) in [5.41, 5.74) is 1.80. The Morgan fingerprint density at radius 3 is 2.95 bits per heavy atom. The van der Waals surface area contributed by atoms with Crippen LogP contribution in [0.3, 0.4) is 0 Å². The van der Waals surface area contributed by atoms with Crippen LogP contribution >= 0.6 is 0 Å². The molecule has 2 heterocycles. The molecule has 6 heteroatoms. The van der Waals surface area contributed by atoms with Gasteiger partial charge in [-0.05, 0) is 24.6 Å². The van der Waals surface area contributed by atoms with Crippen molar-refractivity contribution in [2.24, 2.45) is 0 Å². The van der Waals surface area contributed by atoms with Crippen molar-refractivity contribution in [3.05, 3.63) is 29.6 Å². The number of carboxylic acids is 1. The van der Waals surface area contributed by atoms with Gasteiger partial charge in [0.15, 0.2) is 0 Å². The lowest BCUT2D eigenvalue weighted by molar-refractivity contribution is -0.119. The summed E-state index contributed by atoms with van der Waals surface area (Å²) < 4.78 is 2.09. The number of benzene rings is 1. The molecule has 1 aliphatic heterocycles. The van der Waals surface area contributed by atoms with E-state index in [9.17, 15) is 9.59 Å². The topological polar surface area (TPSA) is 84.2 Å². The third-order valence-corrected chi connectivity index (χ3v) is 3.80. The van der Waals surface area contributed by atoms with Crippen LogP contribution in [0.4, 0.5) is 0 Å². The minimum Gasteiger partial charge on any atom is -0.478 e. The van der Waals surface area contributed by atoms with E-state index in [1.807, 2.05) is 0 Å². The van der Waals surface area contributed by atoms with Gasteiger partial charge in [0.1, 0.15) is 5.82 Å². The van der Waals surface area contributed by atoms with Crippen LogP contribution in [0.25, 0.3) is 11.0 Å². The number of amides is 1. The average Bonchev–Trinajstić information content (AvgIpc) is 3.01. The summed E-state index contributed by atoms with van der Waals surface area (Å²) >= 11 is 0. The number of hydrogen-bond acceptors (Lipinski definition) is 3. The molecule has 6 nitrogen and oxygen atoms in total. The summed E-state index contributed by atoms with van der Waals surface area (Å²) in [5, 5.41) is 11.9. The second kappa shape index (κ2) is 5.20. The standard InChI is InChI=1S/C15H17N3O3/c1-2-3-13-17-11-6-9(15(20)21)4-5-12(11)18(13)10-7-14(19)16-8-10/h4-6,10H,2-3,7-8H2,1H3,(H,16,19)(H,20,21). The zero-order chi connectivity index (χ0) is 15.0. The molecule has 1 aliphatic rings. The van der Waals surface area contributed by atoms with Gasteiger partial charge in [-0.15, -0.1) is 0 Å². The maximum Gasteiger partial charge on any atom is 0.335 e. The summed E-state index contributed by atoms with van der Waals surface area (Å²) in [6, 6.07) is 5.02. The van der Waals surface area contributed by atoms with E-state index in [0.29, 0.717) is 18.5 Å². The maximum absolute atomic E-state index is 11.5. The number of aromatic carboxylic acids is 1. The van der Waals surface area contributed by atoms with E-state index in [1.165, 1.54) is 0 Å². The molecule has 110 valence electrons. The van der Waals surface area contributed by atoms with Crippen LogP contribution in [0.5, 0.6) is 0 Å². The minimum atomic E-state index is -0.957. The Hall–Kier alpha value is -2.37. The predicted octanol–water partition coefficient (Wildman–Crippen LogP) is 1.75. The van der Waals surface area contributed by atoms with E-state index in [-0.39, 0.29) is 17.5 Å². The van der Waals surface area contributed by atoms with Crippen molar-refractivity contribution in [3.63, 3.8) is 0 Å². The highest BCUT2D eigenvalue weighted by molar-refractivity contribution is 5.92. The Balaban J connectivity index is 2.13. The highest BCUT2D eigenvalue weighted by Crippen LogP contribution is 2.27. The van der Waals surface area contributed by atoms with E-state index < -0.39 is 5.97 Å². The lowest BCUT2D eigenvalue weighted by Crippen LogP contribution is -2.16. The van der Waals surface area contributed by atoms with Crippen LogP contribution in [-0.2, 0) is 11.2 Å². The number of hydrogen-bond donors (Lipinski definition) is 2. The van der Waals surface area contributed by atoms with Crippen molar-refractivity contribution in [1.29, 1.82) is 0 Å². The first kappa shape index (κ1) is 13.6. The van der Waals surface area contributed by atoms with Gasteiger partial charge in [-0.2, -0.15) is 0 Å². The normalized spacial score (nSPS) is 18.1. The number of imidazole rings is 1. The Morgan fingerprint density at radius 1 is 1.52 bits per heavy atom. The number of carbonyl (C=O) groups excluding carboxylic acids is 1. The fourth-order valence-corrected chi connectivity index (χ4v) is 2.86. The van der Waals surface area contributed by atoms with Crippen molar-refractivity contribution >= 4 is 22.9 Å². The second-order valence-corrected chi connectivity index (χ2v) is 5.32. The highest BCUT2D eigenvalue weighted by atomic mass is 16.4. The number of fused-ring (bicyclic) bond motifs is 1. The molecule has 1 aromatic carbocycles. The van der Waals surface area contributed by atoms with Gasteiger partial charge in [-0.1, -0.05) is 6.92 Å². The van der Waals surface area contributed by atoms with Crippen molar-refractivity contribution in [3.8, 4) is 0 Å². The molecule has 1 aromatic heterocycles. The molecule has 1 amide bonds. The predicted molar refractivity (Wildman–Crippen MR) is 77.4 cm³/mol. The molecule has 1 unspecified atom stereocenters. The number of nitrogens with zero attached hydrogens (tertiary/aromatic N) is 2. The van der Waals surface area contributed by atoms with Crippen LogP contribution in [-0.4, -0.2) is 33.1 Å². The lowest BCUT2D eigenvalue weighted by Gasteiger charge is -2.14. The molecule has 1 fully saturated rings. The fourth-order valence-electron chi connectivity index (χ4n) is 2.86. The quantitative estimate of drug-likeness (QED) is 0.897. The summed E-state index contributed by atoms with van der Waals surface area (Å²) in [6.07, 6.45) is 2.20. The van der Waals surface area contributed by atoms with Gasteiger partial charge < -0.3 is 15.0 Å². The maximum atomic E-state index is 11.5. The van der Waals surface area contributed by atoms with Crippen LogP contribution in [0.15, 0.2) is 18.2 Å². The molecule has 0 aliphatic carbocycles. The highest BCUT2D eigenvalue weighted by Gasteiger charge is 2.26. The summed E-state index contributed by atoms with van der Waals surface area (Å²) in [7, 11) is 0. The Bertz CT molecular complexity index is 720. The van der Waals surface area contributed by atoms with Gasteiger partial charge in [0.05, 0.1) is 22.6 Å². The van der Waals surface area contributed by atoms with Gasteiger partial charge in [0.2, 0.25) is 5.91 Å². The average molecular weight is 287 g/mol. The van der Waals surface area contributed by atoms with E-state index in [4.69, 9.17) is 5.11 Å². The number of aromatic nitrogens is 2. The first-order valence-corrected chi connectivity index (χ1v) is 7.11. The van der Waals surface area contributed by atoms with Crippen molar-refractivity contribution in [2.75, 3.05) is 6.54 Å². The Kier molecular flexibility index (Phi) is 3.37. The molecule has 2 N–H and O–H groups in total. The third-order valence-electron chi connectivity index (χ3n) is 3.80. The van der Waals surface area contributed by atoms with E-state index >= 15 is 0 Å². The summed E-state index contributed by atoms with van der Waals surface area (Å²) in [6.45, 7) is 2.67. The zero-order valence-corrected chi connectivity index (χ0v) is 11.8. The Labute approximate surface area is 121 Å². The molecule has 1 saturated heterocycles. The zero-order valence-electron chi connectivity index (χ0n) is 11.8. The third kappa shape index (κ3) is 2.37. The molecule has 21 heavy (non-hydrogen) atoms. The minimum absolute atomic E-state index is 0.0476. The number of rotatable bonds is 4. The molecular weight excluding hydrogens is 270 g/mol. The van der Waals surface area contributed by atoms with E-state index in [1.54, 1.807) is 18.2 Å². The summed E-state index contributed by atoms with van der Waals surface area (Å²) in [5.74, 6) is 0.00388. The van der Waals surface area contributed by atoms with E-state index in [0.717, 1.165) is 24.2 Å². The molecule has 3 rings (SSSR count). The summed E-state index contributed by atoms with van der Waals surface area (Å²) in [4.78, 5) is 27.1. The van der Waals surface area contributed by atoms with Crippen LogP contribution in [0.2, 0.25) is 0 Å². The molecule has 0 bridgehead atoms. The first-order valence-electron chi connectivity index (χ1n) is 7.11. The number of carbonyl (C=O) groups is 2. The largest absolute Gasteiger partial charge is 0.478 e. The molecule has 2 aromatic rings. The Morgan fingerprint density at radius 2 is 2.33 bits per heavy atom. The van der Waals surface area contributed by atoms with Crippen LogP contribution in [0.1, 0.15) is 42.0 Å². The smallest absolute Gasteiger partial charge is 0.335 e. The molecule has 0 spiro atoms. The number of aryl methyl sites for hydroxylation is 1. The lowest BCUT2D eigenvalue weighted by atomic mass is 10.2. The van der Waals surface area contributed by atoms with E-state index in [2.05, 4.69) is 21.8 Å². The molecule has 0 radical (unpaired) electrons. The van der Waals surface area contributed by atoms with Gasteiger partial charge in [0, 0.05) is 19.4 Å². The SMILES string of the molecule is CCCc1nc2cc(C(=O)O)ccc2n1C1CNC(=O)C1. The van der Waals surface area contributed by atoms with Gasteiger partial charge in [0.25, 0.3) is 0 Å². The van der Waals surface area contributed by atoms with Gasteiger partial charge >= 0.3 is 5.97 Å². The van der Waals surface area contributed by atoms with Crippen LogP contribution < -0.4 is 5.32 Å². The van der Waals surface area contributed by atoms with Crippen LogP contribution in [0, 0.1) is 0 Å². The van der Waals surface area contributed by atoms with Gasteiger partial charge in [-0.3, -0.25) is 4.79 Å². The van der Waals surface area contributed by atoms with Crippen molar-refractivity contribution in [1.82, 2.24) is 14.9 Å². The monoisotopic (exact) mass is 287 g/mol. The van der Waals surface area contributed by atoms with Gasteiger partial charge in [-0.25, -0.2) is 9.78 Å². The molecule has 0 saturated carbocycles. The van der Waals surface area contributed by atoms with Crippen molar-refractivity contribution < 1.29 is 14.7 Å². The second-order valence-electron chi connectivity index (χ2n) is 5.32. The number of nitrogens with one attached hydrogen (secondary N) is 1. The van der Waals surface area contributed by atoms with Crippen molar-refractivity contribution in [2.45, 2.75) is 32.2 Å². The fraction of sp³-hybridized carbons (Fsp3) is 0.400. The number of carboxylic acid groups (broad SMARTS) is 1. The molecule has 1 atom stereocenters. The first-order chi connectivity index (χ1) is 10.1. The molecular formula is C15H17N3O3.